The van der Waals surface area contributed by atoms with E-state index in [4.69, 9.17) is 11.6 Å². The molecular formula is C24H27ClN4O. The lowest BCUT2D eigenvalue weighted by Crippen LogP contribution is -2.44. The number of nitrogens with zero attached hydrogens (tertiary/aromatic N) is 3. The van der Waals surface area contributed by atoms with Crippen LogP contribution < -0.4 is 10.2 Å². The molecular weight excluding hydrogens is 396 g/mol. The maximum Gasteiger partial charge on any atom is 0.267 e. The van der Waals surface area contributed by atoms with E-state index in [1.54, 1.807) is 6.20 Å². The van der Waals surface area contributed by atoms with Crippen LogP contribution in [0.25, 0.3) is 0 Å². The number of amides is 1. The van der Waals surface area contributed by atoms with Gasteiger partial charge in [-0.2, -0.15) is 5.26 Å². The monoisotopic (exact) mass is 422 g/mol. The maximum absolute atomic E-state index is 12.5. The van der Waals surface area contributed by atoms with Crippen LogP contribution in [-0.2, 0) is 11.2 Å². The number of carbonyl (C=O) groups is 1. The molecule has 30 heavy (non-hydrogen) atoms. The smallest absolute Gasteiger partial charge is 0.267 e. The van der Waals surface area contributed by atoms with Gasteiger partial charge in [-0.15, -0.1) is 0 Å². The second kappa shape index (κ2) is 10.7. The van der Waals surface area contributed by atoms with Gasteiger partial charge in [0.2, 0.25) is 0 Å². The Morgan fingerprint density at radius 2 is 1.90 bits per heavy atom. The lowest BCUT2D eigenvalue weighted by atomic mass is 10.1. The Balaban J connectivity index is 1.56. The predicted molar refractivity (Wildman–Crippen MR) is 123 cm³/mol. The van der Waals surface area contributed by atoms with Crippen LogP contribution in [0.4, 0.5) is 11.4 Å². The zero-order valence-electron chi connectivity index (χ0n) is 17.3. The number of benzene rings is 2. The van der Waals surface area contributed by atoms with Crippen molar-refractivity contribution in [3.05, 3.63) is 70.9 Å². The molecule has 1 saturated heterocycles. The first kappa shape index (κ1) is 21.7. The first-order chi connectivity index (χ1) is 14.6. The molecule has 0 aliphatic carbocycles. The van der Waals surface area contributed by atoms with Gasteiger partial charge in [0.25, 0.3) is 5.91 Å². The third-order valence-corrected chi connectivity index (χ3v) is 5.43. The number of rotatable bonds is 7. The van der Waals surface area contributed by atoms with Gasteiger partial charge < -0.3 is 15.1 Å². The topological polar surface area (TPSA) is 59.4 Å². The third kappa shape index (κ3) is 6.01. The van der Waals surface area contributed by atoms with Crippen molar-refractivity contribution in [1.82, 2.24) is 4.90 Å². The molecule has 1 fully saturated rings. The molecule has 0 bridgehead atoms. The zero-order chi connectivity index (χ0) is 21.3. The molecule has 2 aromatic carbocycles. The first-order valence-electron chi connectivity index (χ1n) is 10.4. The average molecular weight is 423 g/mol. The fourth-order valence-corrected chi connectivity index (χ4v) is 3.62. The van der Waals surface area contributed by atoms with Crippen molar-refractivity contribution in [2.45, 2.75) is 26.2 Å². The van der Waals surface area contributed by atoms with Crippen LogP contribution in [0.1, 0.15) is 25.3 Å². The van der Waals surface area contributed by atoms with Gasteiger partial charge in [-0.25, -0.2) is 0 Å². The molecule has 2 aromatic rings. The second-order valence-electron chi connectivity index (χ2n) is 7.41. The van der Waals surface area contributed by atoms with E-state index >= 15 is 0 Å². The van der Waals surface area contributed by atoms with Gasteiger partial charge in [0, 0.05) is 48.8 Å². The molecule has 5 nitrogen and oxygen atoms in total. The number of piperazine rings is 1. The van der Waals surface area contributed by atoms with Crippen LogP contribution in [0.15, 0.2) is 60.3 Å². The van der Waals surface area contributed by atoms with Gasteiger partial charge in [-0.1, -0.05) is 43.1 Å². The number of halogens is 1. The molecule has 0 spiro atoms. The number of aryl methyl sites for hydroxylation is 1. The summed E-state index contributed by atoms with van der Waals surface area (Å²) in [5.74, 6) is -0.379. The maximum atomic E-state index is 12.5. The molecule has 1 amide bonds. The number of carbonyl (C=O) groups excluding carboxylic acids is 1. The van der Waals surface area contributed by atoms with Gasteiger partial charge in [0.15, 0.2) is 0 Å². The highest BCUT2D eigenvalue weighted by Crippen LogP contribution is 2.21. The second-order valence-corrected chi connectivity index (χ2v) is 7.85. The van der Waals surface area contributed by atoms with E-state index in [0.717, 1.165) is 56.2 Å². The van der Waals surface area contributed by atoms with E-state index in [0.29, 0.717) is 5.69 Å². The molecule has 0 saturated carbocycles. The molecule has 1 aliphatic heterocycles. The third-order valence-electron chi connectivity index (χ3n) is 5.20. The molecule has 0 radical (unpaired) electrons. The largest absolute Gasteiger partial charge is 0.373 e. The van der Waals surface area contributed by atoms with Crippen LogP contribution in [0.2, 0.25) is 5.02 Å². The van der Waals surface area contributed by atoms with Gasteiger partial charge in [-0.3, -0.25) is 4.79 Å². The highest BCUT2D eigenvalue weighted by Gasteiger charge is 2.18. The number of hydrogen-bond donors (Lipinski definition) is 1. The summed E-state index contributed by atoms with van der Waals surface area (Å²) in [4.78, 5) is 16.8. The van der Waals surface area contributed by atoms with Gasteiger partial charge in [0.1, 0.15) is 11.6 Å². The van der Waals surface area contributed by atoms with E-state index in [1.807, 2.05) is 59.5 Å². The van der Waals surface area contributed by atoms with Crippen molar-refractivity contribution in [1.29, 1.82) is 5.26 Å². The molecule has 1 aliphatic rings. The Morgan fingerprint density at radius 3 is 2.53 bits per heavy atom. The Bertz CT molecular complexity index is 925. The van der Waals surface area contributed by atoms with Crippen LogP contribution >= 0.6 is 11.6 Å². The molecule has 1 heterocycles. The van der Waals surface area contributed by atoms with Crippen LogP contribution in [0.5, 0.6) is 0 Å². The number of unbranched alkanes of at least 4 members (excludes halogenated alkanes) is 1. The number of hydrogen-bond acceptors (Lipinski definition) is 4. The van der Waals surface area contributed by atoms with Crippen molar-refractivity contribution in [3.63, 3.8) is 0 Å². The summed E-state index contributed by atoms with van der Waals surface area (Å²) in [7, 11) is 0. The predicted octanol–water partition coefficient (Wildman–Crippen LogP) is 4.85. The standard InChI is InChI=1S/C24H27ClN4O/c1-2-3-5-19-8-10-22(11-9-19)27-24(30)20(17-26)18-28-12-14-29(15-13-28)23-7-4-6-21(25)16-23/h4,6-11,16,18H,2-3,5,12-15H2,1H3,(H,27,30)/b20-18-. The number of nitrogens with one attached hydrogen (secondary N) is 1. The van der Waals surface area contributed by atoms with Crippen molar-refractivity contribution in [2.75, 3.05) is 36.4 Å². The Morgan fingerprint density at radius 1 is 1.17 bits per heavy atom. The summed E-state index contributed by atoms with van der Waals surface area (Å²) in [5.41, 5.74) is 3.16. The normalized spacial score (nSPS) is 14.4. The van der Waals surface area contributed by atoms with Crippen molar-refractivity contribution in [3.8, 4) is 6.07 Å². The fourth-order valence-electron chi connectivity index (χ4n) is 3.44. The highest BCUT2D eigenvalue weighted by atomic mass is 35.5. The molecule has 0 unspecified atom stereocenters. The Hall–Kier alpha value is -2.97. The Labute approximate surface area is 183 Å². The van der Waals surface area contributed by atoms with Crippen LogP contribution in [0.3, 0.4) is 0 Å². The van der Waals surface area contributed by atoms with Crippen molar-refractivity contribution < 1.29 is 4.79 Å². The van der Waals surface area contributed by atoms with Crippen LogP contribution in [-0.4, -0.2) is 37.0 Å². The van der Waals surface area contributed by atoms with E-state index < -0.39 is 0 Å². The van der Waals surface area contributed by atoms with Gasteiger partial charge >= 0.3 is 0 Å². The Kier molecular flexibility index (Phi) is 7.75. The van der Waals surface area contributed by atoms with Crippen molar-refractivity contribution >= 4 is 28.9 Å². The van der Waals surface area contributed by atoms with Gasteiger partial charge in [-0.05, 0) is 48.7 Å². The summed E-state index contributed by atoms with van der Waals surface area (Å²) < 4.78 is 0. The molecule has 0 atom stereocenters. The number of nitriles is 1. The molecule has 6 heteroatoms. The van der Waals surface area contributed by atoms with E-state index in [2.05, 4.69) is 17.1 Å². The summed E-state index contributed by atoms with van der Waals surface area (Å²) in [5, 5.41) is 13.0. The molecule has 3 rings (SSSR count). The summed E-state index contributed by atoms with van der Waals surface area (Å²) in [6.45, 7) is 5.24. The summed E-state index contributed by atoms with van der Waals surface area (Å²) in [6, 6.07) is 17.7. The summed E-state index contributed by atoms with van der Waals surface area (Å²) >= 11 is 6.09. The van der Waals surface area contributed by atoms with Crippen molar-refractivity contribution in [2.24, 2.45) is 0 Å². The average Bonchev–Trinajstić information content (AvgIpc) is 2.77. The molecule has 0 aromatic heterocycles. The molecule has 1 N–H and O–H groups in total. The summed E-state index contributed by atoms with van der Waals surface area (Å²) in [6.07, 6.45) is 5.01. The SMILES string of the molecule is CCCCc1ccc(NC(=O)/C(C#N)=C\N2CCN(c3cccc(Cl)c3)CC2)cc1. The quantitative estimate of drug-likeness (QED) is 0.511. The minimum atomic E-state index is -0.379. The number of anilines is 2. The lowest BCUT2D eigenvalue weighted by molar-refractivity contribution is -0.112. The first-order valence-corrected chi connectivity index (χ1v) is 10.7. The van der Waals surface area contributed by atoms with E-state index in [1.165, 1.54) is 5.56 Å². The minimum absolute atomic E-state index is 0.112. The highest BCUT2D eigenvalue weighted by molar-refractivity contribution is 6.30. The lowest BCUT2D eigenvalue weighted by Gasteiger charge is -2.35. The minimum Gasteiger partial charge on any atom is -0.373 e. The fraction of sp³-hybridized carbons (Fsp3) is 0.333. The van der Waals surface area contributed by atoms with E-state index in [9.17, 15) is 10.1 Å². The zero-order valence-corrected chi connectivity index (χ0v) is 18.0. The molecule has 156 valence electrons. The van der Waals surface area contributed by atoms with Gasteiger partial charge in [0.05, 0.1) is 0 Å². The van der Waals surface area contributed by atoms with Crippen LogP contribution in [0, 0.1) is 11.3 Å². The van der Waals surface area contributed by atoms with E-state index in [-0.39, 0.29) is 11.5 Å².